The lowest BCUT2D eigenvalue weighted by Gasteiger charge is -2.45. The number of ether oxygens (including phenoxy) is 1. The summed E-state index contributed by atoms with van der Waals surface area (Å²) in [4.78, 5) is 38.6. The molecule has 0 spiro atoms. The van der Waals surface area contributed by atoms with E-state index in [1.165, 1.54) is 29.4 Å². The molecule has 15 nitrogen and oxygen atoms in total. The summed E-state index contributed by atoms with van der Waals surface area (Å²) in [6.45, 7) is -0.843. The number of aliphatic hydroxyl groups excluding tert-OH is 1. The van der Waals surface area contributed by atoms with Gasteiger partial charge < -0.3 is 35.4 Å². The highest BCUT2D eigenvalue weighted by Crippen LogP contribution is 2.59. The van der Waals surface area contributed by atoms with Crippen molar-refractivity contribution >= 4 is 32.6 Å². The highest BCUT2D eigenvalue weighted by molar-refractivity contribution is 7.60. The topological polar surface area (TPSA) is 233 Å². The summed E-state index contributed by atoms with van der Waals surface area (Å²) >= 11 is 0. The van der Waals surface area contributed by atoms with Crippen molar-refractivity contribution in [1.29, 1.82) is 0 Å². The van der Waals surface area contributed by atoms with Crippen molar-refractivity contribution in [3.8, 4) is 0 Å². The maximum Gasteiger partial charge on any atom is 0.481 e. The SMILES string of the molecule is Nc1ncnc2c1ncn2[C@@]12C=C[C@@]1(O)[C@H](O)[C@@H](COP(=O)(O)OP(=O)(O)O)O2. The number of imidazole rings is 1. The van der Waals surface area contributed by atoms with Crippen LogP contribution in [0.15, 0.2) is 24.8 Å². The average molecular weight is 451 g/mol. The van der Waals surface area contributed by atoms with E-state index in [1.807, 2.05) is 0 Å². The molecule has 3 heterocycles. The molecular formula is C12H15N5O10P2. The molecule has 0 saturated carbocycles. The van der Waals surface area contributed by atoms with Crippen LogP contribution >= 0.6 is 15.6 Å². The number of anilines is 1. The number of nitrogens with two attached hydrogens (primary N) is 1. The van der Waals surface area contributed by atoms with Crippen LogP contribution in [0.1, 0.15) is 0 Å². The van der Waals surface area contributed by atoms with Gasteiger partial charge in [0.25, 0.3) is 0 Å². The largest absolute Gasteiger partial charge is 0.481 e. The minimum absolute atomic E-state index is 0.0752. The molecule has 2 aromatic heterocycles. The van der Waals surface area contributed by atoms with Gasteiger partial charge in [0.1, 0.15) is 24.1 Å². The second kappa shape index (κ2) is 6.36. The van der Waals surface area contributed by atoms with Crippen LogP contribution in [0.2, 0.25) is 0 Å². The van der Waals surface area contributed by atoms with E-state index >= 15 is 0 Å². The zero-order valence-corrected chi connectivity index (χ0v) is 16.0. The smallest absolute Gasteiger partial charge is 0.387 e. The van der Waals surface area contributed by atoms with Crippen molar-refractivity contribution in [2.24, 2.45) is 0 Å². The molecule has 158 valence electrons. The number of rotatable bonds is 6. The molecule has 1 fully saturated rings. The number of hydrogen-bond acceptors (Lipinski definition) is 11. The number of nitrogens with zero attached hydrogens (tertiary/aromatic N) is 4. The minimum atomic E-state index is -5.32. The monoisotopic (exact) mass is 451 g/mol. The van der Waals surface area contributed by atoms with Crippen molar-refractivity contribution < 1.29 is 47.6 Å². The summed E-state index contributed by atoms with van der Waals surface area (Å²) in [5.41, 5.74) is 2.47. The Bertz CT molecular complexity index is 1100. The van der Waals surface area contributed by atoms with Gasteiger partial charge in [0.05, 0.1) is 12.9 Å². The fourth-order valence-electron chi connectivity index (χ4n) is 3.30. The molecule has 0 bridgehead atoms. The Morgan fingerprint density at radius 1 is 1.24 bits per heavy atom. The van der Waals surface area contributed by atoms with Gasteiger partial charge in [0.15, 0.2) is 17.1 Å². The van der Waals surface area contributed by atoms with Gasteiger partial charge in [-0.1, -0.05) is 0 Å². The average Bonchev–Trinajstić information content (AvgIpc) is 3.08. The first-order chi connectivity index (χ1) is 13.4. The minimum Gasteiger partial charge on any atom is -0.387 e. The van der Waals surface area contributed by atoms with E-state index in [1.54, 1.807) is 0 Å². The predicted molar refractivity (Wildman–Crippen MR) is 91.6 cm³/mol. The summed E-state index contributed by atoms with van der Waals surface area (Å²) in [5, 5.41) is 21.4. The van der Waals surface area contributed by atoms with Crippen LogP contribution in [0.25, 0.3) is 11.2 Å². The Morgan fingerprint density at radius 2 is 1.97 bits per heavy atom. The molecule has 0 amide bonds. The maximum absolute atomic E-state index is 11.6. The van der Waals surface area contributed by atoms with Crippen molar-refractivity contribution in [3.63, 3.8) is 0 Å². The van der Waals surface area contributed by atoms with Crippen LogP contribution in [0.5, 0.6) is 0 Å². The van der Waals surface area contributed by atoms with Gasteiger partial charge >= 0.3 is 15.6 Å². The lowest BCUT2D eigenvalue weighted by Crippen LogP contribution is -2.60. The highest BCUT2D eigenvalue weighted by Gasteiger charge is 2.69. The van der Waals surface area contributed by atoms with Gasteiger partial charge in [-0.05, 0) is 12.2 Å². The van der Waals surface area contributed by atoms with Crippen LogP contribution in [0.4, 0.5) is 5.82 Å². The van der Waals surface area contributed by atoms with Gasteiger partial charge in [-0.3, -0.25) is 9.09 Å². The number of fused-ring (bicyclic) bond motifs is 2. The van der Waals surface area contributed by atoms with E-state index in [4.69, 9.17) is 20.3 Å². The molecule has 1 aliphatic carbocycles. The number of phosphoric ester groups is 1. The third-order valence-corrected chi connectivity index (χ3v) is 6.75. The number of aliphatic hydroxyl groups is 2. The van der Waals surface area contributed by atoms with Gasteiger partial charge in [-0.15, -0.1) is 0 Å². The Labute approximate surface area is 161 Å². The summed E-state index contributed by atoms with van der Waals surface area (Å²) in [6.07, 6.45) is 2.03. The van der Waals surface area contributed by atoms with Crippen LogP contribution in [-0.4, -0.2) is 68.8 Å². The molecule has 7 N–H and O–H groups in total. The van der Waals surface area contributed by atoms with Gasteiger partial charge in [0.2, 0.25) is 5.72 Å². The number of phosphoric acid groups is 2. The van der Waals surface area contributed by atoms with Crippen LogP contribution in [-0.2, 0) is 28.4 Å². The van der Waals surface area contributed by atoms with E-state index in [0.717, 1.165) is 0 Å². The standard InChI is InChI=1S/C12H15N5O10P2/c13-9-7-10(15-4-14-9)17(5-16-7)12-2-1-11(12,19)8(18)6(26-12)3-25-29(23,24)27-28(20,21)22/h1-2,4-6,8,18-19H,3H2,(H,23,24)(H2,13,14,15)(H2,20,21,22)/t6-,8-,11-,12-/m1/s1. The first-order valence-corrected chi connectivity index (χ1v) is 10.9. The van der Waals surface area contributed by atoms with Crippen molar-refractivity contribution in [3.05, 3.63) is 24.8 Å². The molecule has 17 heteroatoms. The van der Waals surface area contributed by atoms with Crippen LogP contribution < -0.4 is 5.73 Å². The quantitative estimate of drug-likeness (QED) is 0.213. The predicted octanol–water partition coefficient (Wildman–Crippen LogP) is -1.65. The van der Waals surface area contributed by atoms with Crippen LogP contribution in [0, 0.1) is 0 Å². The first kappa shape index (κ1) is 20.5. The van der Waals surface area contributed by atoms with Gasteiger partial charge in [-0.2, -0.15) is 4.31 Å². The zero-order valence-electron chi connectivity index (χ0n) is 14.2. The molecule has 1 aliphatic heterocycles. The second-order valence-electron chi connectivity index (χ2n) is 6.34. The molecular weight excluding hydrogens is 436 g/mol. The molecule has 2 aliphatic rings. The third-order valence-electron chi connectivity index (χ3n) is 4.60. The second-order valence-corrected chi connectivity index (χ2v) is 9.17. The van der Waals surface area contributed by atoms with Crippen molar-refractivity contribution in [2.75, 3.05) is 12.3 Å². The third kappa shape index (κ3) is 3.12. The number of hydrogen-bond donors (Lipinski definition) is 6. The zero-order chi connectivity index (χ0) is 21.2. The Morgan fingerprint density at radius 3 is 2.59 bits per heavy atom. The Hall–Kier alpha value is -1.77. The highest BCUT2D eigenvalue weighted by atomic mass is 31.3. The summed E-state index contributed by atoms with van der Waals surface area (Å²) in [5.74, 6) is 0.0752. The molecule has 1 saturated heterocycles. The molecule has 1 unspecified atom stereocenters. The number of nitrogen functional groups attached to an aromatic ring is 1. The van der Waals surface area contributed by atoms with E-state index in [-0.39, 0.29) is 17.0 Å². The molecule has 2 aromatic rings. The van der Waals surface area contributed by atoms with Gasteiger partial charge in [-0.25, -0.2) is 24.1 Å². The van der Waals surface area contributed by atoms with E-state index < -0.39 is 45.8 Å². The van der Waals surface area contributed by atoms with Crippen LogP contribution in [0.3, 0.4) is 0 Å². The summed E-state index contributed by atoms with van der Waals surface area (Å²) < 4.78 is 37.5. The summed E-state index contributed by atoms with van der Waals surface area (Å²) in [6, 6.07) is 0. The van der Waals surface area contributed by atoms with Crippen molar-refractivity contribution in [2.45, 2.75) is 23.5 Å². The molecule has 0 aromatic carbocycles. The van der Waals surface area contributed by atoms with E-state index in [2.05, 4.69) is 23.8 Å². The fourth-order valence-corrected chi connectivity index (χ4v) is 4.90. The normalized spacial score (nSPS) is 33.4. The lowest BCUT2D eigenvalue weighted by atomic mass is 9.76. The first-order valence-electron chi connectivity index (χ1n) is 7.85. The molecule has 0 radical (unpaired) electrons. The fraction of sp³-hybridized carbons (Fsp3) is 0.417. The molecule has 4 rings (SSSR count). The maximum atomic E-state index is 11.6. The number of aromatic nitrogens is 4. The molecule has 5 atom stereocenters. The molecule has 29 heavy (non-hydrogen) atoms. The Balaban J connectivity index is 1.62. The summed E-state index contributed by atoms with van der Waals surface area (Å²) in [7, 11) is -10.5. The van der Waals surface area contributed by atoms with E-state index in [9.17, 15) is 24.2 Å². The van der Waals surface area contributed by atoms with E-state index in [0.29, 0.717) is 0 Å². The van der Waals surface area contributed by atoms with Gasteiger partial charge in [0, 0.05) is 0 Å². The van der Waals surface area contributed by atoms with Crippen molar-refractivity contribution in [1.82, 2.24) is 19.5 Å². The lowest BCUT2D eigenvalue weighted by molar-refractivity contribution is -0.158. The Kier molecular flexibility index (Phi) is 4.50.